The van der Waals surface area contributed by atoms with E-state index in [1.165, 1.54) is 0 Å². The van der Waals surface area contributed by atoms with Crippen molar-refractivity contribution in [3.05, 3.63) is 59.4 Å². The van der Waals surface area contributed by atoms with E-state index in [2.05, 4.69) is 15.6 Å². The standard InChI is InChI=1S/C15H16ClN3O/c16-13-5-1-2-6-14(13)19-15(20)11-18-9-7-12-4-3-8-17-10-12/h1-6,8,10,18H,7,9,11H2,(H,19,20). The number of carbonyl (C=O) groups is 1. The van der Waals surface area contributed by atoms with Crippen LogP contribution in [0, 0.1) is 0 Å². The Balaban J connectivity index is 1.69. The fraction of sp³-hybridized carbons (Fsp3) is 0.200. The summed E-state index contributed by atoms with van der Waals surface area (Å²) < 4.78 is 0. The van der Waals surface area contributed by atoms with Crippen molar-refractivity contribution in [3.8, 4) is 0 Å². The van der Waals surface area contributed by atoms with Crippen molar-refractivity contribution >= 4 is 23.2 Å². The van der Waals surface area contributed by atoms with Crippen molar-refractivity contribution < 1.29 is 4.79 Å². The Bertz CT molecular complexity index is 560. The Morgan fingerprint density at radius 2 is 2.05 bits per heavy atom. The summed E-state index contributed by atoms with van der Waals surface area (Å²) in [5.41, 5.74) is 1.78. The molecule has 2 aromatic rings. The minimum atomic E-state index is -0.107. The van der Waals surface area contributed by atoms with Crippen molar-refractivity contribution in [1.82, 2.24) is 10.3 Å². The van der Waals surface area contributed by atoms with Crippen LogP contribution in [0.2, 0.25) is 5.02 Å². The number of nitrogens with one attached hydrogen (secondary N) is 2. The van der Waals surface area contributed by atoms with Gasteiger partial charge in [0.1, 0.15) is 0 Å². The molecule has 0 spiro atoms. The van der Waals surface area contributed by atoms with Crippen LogP contribution in [0.4, 0.5) is 5.69 Å². The maximum Gasteiger partial charge on any atom is 0.238 e. The lowest BCUT2D eigenvalue weighted by atomic mass is 10.2. The van der Waals surface area contributed by atoms with Crippen molar-refractivity contribution in [2.45, 2.75) is 6.42 Å². The van der Waals surface area contributed by atoms with Crippen LogP contribution in [-0.2, 0) is 11.2 Å². The van der Waals surface area contributed by atoms with Crippen LogP contribution in [-0.4, -0.2) is 24.0 Å². The molecule has 0 aliphatic rings. The summed E-state index contributed by atoms with van der Waals surface area (Å²) in [6.45, 7) is 0.979. The zero-order chi connectivity index (χ0) is 14.2. The predicted octanol–water partition coefficient (Wildman–Crippen LogP) is 2.51. The number of rotatable bonds is 6. The van der Waals surface area contributed by atoms with Crippen molar-refractivity contribution in [1.29, 1.82) is 0 Å². The van der Waals surface area contributed by atoms with E-state index in [9.17, 15) is 4.79 Å². The second-order valence-corrected chi connectivity index (χ2v) is 4.72. The highest BCUT2D eigenvalue weighted by atomic mass is 35.5. The van der Waals surface area contributed by atoms with Crippen LogP contribution in [0.5, 0.6) is 0 Å². The summed E-state index contributed by atoms with van der Waals surface area (Å²) in [6.07, 6.45) is 4.41. The normalized spacial score (nSPS) is 10.2. The Labute approximate surface area is 123 Å². The lowest BCUT2D eigenvalue weighted by Gasteiger charge is -2.08. The van der Waals surface area contributed by atoms with E-state index in [1.807, 2.05) is 30.5 Å². The first-order chi connectivity index (χ1) is 9.75. The minimum Gasteiger partial charge on any atom is -0.324 e. The van der Waals surface area contributed by atoms with Gasteiger partial charge in [0, 0.05) is 12.4 Å². The van der Waals surface area contributed by atoms with Crippen LogP contribution < -0.4 is 10.6 Å². The number of aromatic nitrogens is 1. The van der Waals surface area contributed by atoms with Gasteiger partial charge in [-0.2, -0.15) is 0 Å². The van der Waals surface area contributed by atoms with E-state index in [1.54, 1.807) is 18.3 Å². The van der Waals surface area contributed by atoms with Crippen LogP contribution in [0.1, 0.15) is 5.56 Å². The van der Waals surface area contributed by atoms with Gasteiger partial charge in [0.15, 0.2) is 0 Å². The molecule has 0 bridgehead atoms. The van der Waals surface area contributed by atoms with Gasteiger partial charge in [-0.1, -0.05) is 29.8 Å². The van der Waals surface area contributed by atoms with Gasteiger partial charge in [0.2, 0.25) is 5.91 Å². The SMILES string of the molecule is O=C(CNCCc1cccnc1)Nc1ccccc1Cl. The highest BCUT2D eigenvalue weighted by molar-refractivity contribution is 6.33. The smallest absolute Gasteiger partial charge is 0.238 e. The lowest BCUT2D eigenvalue weighted by Crippen LogP contribution is -2.29. The summed E-state index contributed by atoms with van der Waals surface area (Å²) >= 11 is 5.97. The van der Waals surface area contributed by atoms with E-state index < -0.39 is 0 Å². The third kappa shape index (κ3) is 4.64. The quantitative estimate of drug-likeness (QED) is 0.804. The first kappa shape index (κ1) is 14.5. The molecule has 0 aliphatic carbocycles. The van der Waals surface area contributed by atoms with Crippen molar-refractivity contribution in [2.75, 3.05) is 18.4 Å². The van der Waals surface area contributed by atoms with Gasteiger partial charge < -0.3 is 10.6 Å². The van der Waals surface area contributed by atoms with Crippen LogP contribution >= 0.6 is 11.6 Å². The number of para-hydroxylation sites is 1. The Morgan fingerprint density at radius 3 is 2.80 bits per heavy atom. The molecule has 0 saturated carbocycles. The van der Waals surface area contributed by atoms with Crippen LogP contribution in [0.25, 0.3) is 0 Å². The third-order valence-corrected chi connectivity index (χ3v) is 3.08. The molecular formula is C15H16ClN3O. The molecule has 1 amide bonds. The molecule has 0 fully saturated rings. The predicted molar refractivity (Wildman–Crippen MR) is 80.9 cm³/mol. The van der Waals surface area contributed by atoms with Gasteiger partial charge >= 0.3 is 0 Å². The Kier molecular flexibility index (Phi) is 5.53. The minimum absolute atomic E-state index is 0.107. The maximum absolute atomic E-state index is 11.7. The number of anilines is 1. The second kappa shape index (κ2) is 7.62. The van der Waals surface area contributed by atoms with E-state index in [4.69, 9.17) is 11.6 Å². The molecule has 5 heteroatoms. The average molecular weight is 290 g/mol. The van der Waals surface area contributed by atoms with E-state index in [-0.39, 0.29) is 12.5 Å². The molecule has 0 unspecified atom stereocenters. The summed E-state index contributed by atoms with van der Waals surface area (Å²) in [7, 11) is 0. The molecule has 2 rings (SSSR count). The maximum atomic E-state index is 11.7. The third-order valence-electron chi connectivity index (χ3n) is 2.75. The molecular weight excluding hydrogens is 274 g/mol. The number of benzene rings is 1. The topological polar surface area (TPSA) is 54.0 Å². The molecule has 1 aromatic carbocycles. The number of carbonyl (C=O) groups excluding carboxylic acids is 1. The Morgan fingerprint density at radius 1 is 1.20 bits per heavy atom. The Hall–Kier alpha value is -1.91. The van der Waals surface area contributed by atoms with Gasteiger partial charge in [-0.25, -0.2) is 0 Å². The van der Waals surface area contributed by atoms with Crippen LogP contribution in [0.15, 0.2) is 48.8 Å². The number of halogens is 1. The molecule has 20 heavy (non-hydrogen) atoms. The second-order valence-electron chi connectivity index (χ2n) is 4.32. The van der Waals surface area contributed by atoms with Gasteiger partial charge in [-0.05, 0) is 36.7 Å². The zero-order valence-electron chi connectivity index (χ0n) is 11.0. The summed E-state index contributed by atoms with van der Waals surface area (Å²) in [5, 5.41) is 6.39. The number of amides is 1. The lowest BCUT2D eigenvalue weighted by molar-refractivity contribution is -0.115. The monoisotopic (exact) mass is 289 g/mol. The van der Waals surface area contributed by atoms with Gasteiger partial charge in [-0.3, -0.25) is 9.78 Å². The summed E-state index contributed by atoms with van der Waals surface area (Å²) in [6, 6.07) is 11.1. The summed E-state index contributed by atoms with van der Waals surface area (Å²) in [5.74, 6) is -0.107. The largest absolute Gasteiger partial charge is 0.324 e. The molecule has 2 N–H and O–H groups in total. The molecule has 0 atom stereocenters. The molecule has 4 nitrogen and oxygen atoms in total. The molecule has 0 aliphatic heterocycles. The highest BCUT2D eigenvalue weighted by Crippen LogP contribution is 2.19. The fourth-order valence-electron chi connectivity index (χ4n) is 1.74. The zero-order valence-corrected chi connectivity index (χ0v) is 11.7. The van der Waals surface area contributed by atoms with Gasteiger partial charge in [0.25, 0.3) is 0 Å². The molecule has 104 valence electrons. The van der Waals surface area contributed by atoms with Crippen molar-refractivity contribution in [2.24, 2.45) is 0 Å². The van der Waals surface area contributed by atoms with E-state index in [0.29, 0.717) is 10.7 Å². The fourth-order valence-corrected chi connectivity index (χ4v) is 1.92. The number of pyridine rings is 1. The first-order valence-electron chi connectivity index (χ1n) is 6.40. The molecule has 1 aromatic heterocycles. The van der Waals surface area contributed by atoms with E-state index in [0.717, 1.165) is 18.5 Å². The average Bonchev–Trinajstić information content (AvgIpc) is 2.47. The van der Waals surface area contributed by atoms with Gasteiger partial charge in [-0.15, -0.1) is 0 Å². The van der Waals surface area contributed by atoms with Gasteiger partial charge in [0.05, 0.1) is 17.3 Å². The molecule has 0 radical (unpaired) electrons. The molecule has 1 heterocycles. The van der Waals surface area contributed by atoms with E-state index >= 15 is 0 Å². The number of hydrogen-bond donors (Lipinski definition) is 2. The van der Waals surface area contributed by atoms with Crippen molar-refractivity contribution in [3.63, 3.8) is 0 Å². The number of nitrogens with zero attached hydrogens (tertiary/aromatic N) is 1. The molecule has 0 saturated heterocycles. The first-order valence-corrected chi connectivity index (χ1v) is 6.77. The van der Waals surface area contributed by atoms with Crippen LogP contribution in [0.3, 0.4) is 0 Å². The number of hydrogen-bond acceptors (Lipinski definition) is 3. The summed E-state index contributed by atoms with van der Waals surface area (Å²) in [4.78, 5) is 15.8. The highest BCUT2D eigenvalue weighted by Gasteiger charge is 2.04.